The third-order valence-electron chi connectivity index (χ3n) is 0.844. The fourth-order valence-corrected chi connectivity index (χ4v) is 0.479. The topological polar surface area (TPSA) is 41.1 Å². The largest absolute Gasteiger partial charge is 0.359 e. The summed E-state index contributed by atoms with van der Waals surface area (Å²) in [4.78, 5) is 9.84. The van der Waals surface area contributed by atoms with Crippen LogP contribution in [0.2, 0.25) is 0 Å². The average molecular weight is 110 g/mol. The normalized spacial score (nSPS) is 16.2. The maximum absolute atomic E-state index is 9.84. The van der Waals surface area contributed by atoms with Gasteiger partial charge in [-0.1, -0.05) is 0 Å². The third-order valence-corrected chi connectivity index (χ3v) is 0.844. The summed E-state index contributed by atoms with van der Waals surface area (Å²) in [7, 11) is 0. The Morgan fingerprint density at radius 3 is 3.00 bits per heavy atom. The minimum Gasteiger partial charge on any atom is -0.359 e. The van der Waals surface area contributed by atoms with Crippen molar-refractivity contribution in [2.24, 2.45) is 0 Å². The maximum atomic E-state index is 9.84. The smallest absolute Gasteiger partial charge is 0.190 e. The van der Waals surface area contributed by atoms with Gasteiger partial charge in [-0.25, -0.2) is 4.79 Å². The summed E-state index contributed by atoms with van der Waals surface area (Å²) in [6, 6.07) is 0. The van der Waals surface area contributed by atoms with E-state index in [1.165, 1.54) is 0 Å². The molecule has 0 aliphatic carbocycles. The minimum atomic E-state index is 0.410. The van der Waals surface area contributed by atoms with E-state index in [9.17, 15) is 4.79 Å². The van der Waals surface area contributed by atoms with Gasteiger partial charge in [-0.2, -0.15) is 0 Å². The van der Waals surface area contributed by atoms with Crippen molar-refractivity contribution in [1.82, 2.24) is 10.6 Å². The first-order valence-corrected chi connectivity index (χ1v) is 2.34. The molecule has 0 radical (unpaired) electrons. The number of rotatable bonds is 0. The summed E-state index contributed by atoms with van der Waals surface area (Å²) in [5.74, 6) is 2.11. The first-order chi connectivity index (χ1) is 3.93. The zero-order valence-corrected chi connectivity index (χ0v) is 4.27. The standard InChI is InChI=1S/C5H6N2O/c8-4-5-6-2-1-3-7-5/h1-2,6-7H,3H2. The molecule has 0 aromatic heterocycles. The van der Waals surface area contributed by atoms with Crippen molar-refractivity contribution in [3.63, 3.8) is 0 Å². The van der Waals surface area contributed by atoms with E-state index in [2.05, 4.69) is 10.6 Å². The molecule has 1 heterocycles. The molecule has 1 rings (SSSR count). The van der Waals surface area contributed by atoms with Crippen LogP contribution in [0.4, 0.5) is 0 Å². The number of carbonyl (C=O) groups excluding carboxylic acids is 1. The fraction of sp³-hybridized carbons (Fsp3) is 0.200. The summed E-state index contributed by atoms with van der Waals surface area (Å²) in [5, 5.41) is 5.43. The second kappa shape index (κ2) is 2.19. The SMILES string of the molecule is O=C=C1NC=CCN1. The van der Waals surface area contributed by atoms with E-state index < -0.39 is 0 Å². The van der Waals surface area contributed by atoms with Crippen molar-refractivity contribution in [3.05, 3.63) is 18.1 Å². The van der Waals surface area contributed by atoms with E-state index in [-0.39, 0.29) is 0 Å². The van der Waals surface area contributed by atoms with Gasteiger partial charge in [0, 0.05) is 12.7 Å². The van der Waals surface area contributed by atoms with Gasteiger partial charge in [0.15, 0.2) is 11.8 Å². The molecule has 1 aliphatic rings. The summed E-state index contributed by atoms with van der Waals surface area (Å²) >= 11 is 0. The number of hydrogen-bond donors (Lipinski definition) is 2. The molecule has 0 fully saturated rings. The van der Waals surface area contributed by atoms with E-state index in [0.29, 0.717) is 12.4 Å². The predicted octanol–water partition coefficient (Wildman–Crippen LogP) is -0.634. The molecule has 8 heavy (non-hydrogen) atoms. The van der Waals surface area contributed by atoms with E-state index in [4.69, 9.17) is 0 Å². The maximum Gasteiger partial charge on any atom is 0.190 e. The highest BCUT2D eigenvalue weighted by Crippen LogP contribution is 1.81. The molecule has 0 bridgehead atoms. The Morgan fingerprint density at radius 2 is 2.62 bits per heavy atom. The molecule has 0 saturated heterocycles. The van der Waals surface area contributed by atoms with Crippen LogP contribution in [0.1, 0.15) is 0 Å². The van der Waals surface area contributed by atoms with Crippen LogP contribution in [0.3, 0.4) is 0 Å². The van der Waals surface area contributed by atoms with Crippen LogP contribution in [0.25, 0.3) is 0 Å². The Bertz CT molecular complexity index is 156. The van der Waals surface area contributed by atoms with Crippen LogP contribution in [0, 0.1) is 0 Å². The molecular weight excluding hydrogens is 104 g/mol. The van der Waals surface area contributed by atoms with Gasteiger partial charge in [-0.15, -0.1) is 0 Å². The number of hydrogen-bond acceptors (Lipinski definition) is 3. The van der Waals surface area contributed by atoms with Crippen molar-refractivity contribution in [2.75, 3.05) is 6.54 Å². The zero-order valence-electron chi connectivity index (χ0n) is 4.27. The van der Waals surface area contributed by atoms with Gasteiger partial charge in [-0.3, -0.25) is 0 Å². The van der Waals surface area contributed by atoms with Crippen LogP contribution in [0.5, 0.6) is 0 Å². The summed E-state index contributed by atoms with van der Waals surface area (Å²) in [6.07, 6.45) is 3.58. The van der Waals surface area contributed by atoms with Crippen molar-refractivity contribution in [2.45, 2.75) is 0 Å². The second-order valence-electron chi connectivity index (χ2n) is 1.40. The molecule has 0 amide bonds. The highest BCUT2D eigenvalue weighted by Gasteiger charge is 1.93. The third kappa shape index (κ3) is 0.891. The Labute approximate surface area is 47.1 Å². The quantitative estimate of drug-likeness (QED) is 0.408. The minimum absolute atomic E-state index is 0.410. The van der Waals surface area contributed by atoms with E-state index in [0.717, 1.165) is 0 Å². The van der Waals surface area contributed by atoms with Crippen molar-refractivity contribution < 1.29 is 4.79 Å². The van der Waals surface area contributed by atoms with Gasteiger partial charge < -0.3 is 10.6 Å². The van der Waals surface area contributed by atoms with Crippen LogP contribution < -0.4 is 10.6 Å². The van der Waals surface area contributed by atoms with Gasteiger partial charge in [0.05, 0.1) is 0 Å². The molecule has 3 heteroatoms. The van der Waals surface area contributed by atoms with Crippen LogP contribution in [-0.4, -0.2) is 12.5 Å². The molecule has 0 aromatic rings. The molecule has 0 atom stereocenters. The van der Waals surface area contributed by atoms with Crippen LogP contribution in [-0.2, 0) is 4.79 Å². The van der Waals surface area contributed by atoms with E-state index in [1.54, 1.807) is 12.1 Å². The molecule has 0 aromatic carbocycles. The number of nitrogens with one attached hydrogen (secondary N) is 2. The van der Waals surface area contributed by atoms with E-state index in [1.807, 2.05) is 6.08 Å². The molecular formula is C5H6N2O. The Morgan fingerprint density at radius 1 is 1.75 bits per heavy atom. The Balaban J connectivity index is 2.63. The first kappa shape index (κ1) is 4.94. The molecule has 3 nitrogen and oxygen atoms in total. The van der Waals surface area contributed by atoms with Gasteiger partial charge >= 0.3 is 0 Å². The lowest BCUT2D eigenvalue weighted by atomic mass is 10.5. The monoisotopic (exact) mass is 110 g/mol. The van der Waals surface area contributed by atoms with E-state index >= 15 is 0 Å². The lowest BCUT2D eigenvalue weighted by Crippen LogP contribution is -2.27. The Kier molecular flexibility index (Phi) is 1.35. The highest BCUT2D eigenvalue weighted by atomic mass is 16.1. The average Bonchev–Trinajstić information content (AvgIpc) is 1.90. The van der Waals surface area contributed by atoms with Gasteiger partial charge in [0.2, 0.25) is 0 Å². The molecule has 1 aliphatic heterocycles. The highest BCUT2D eigenvalue weighted by molar-refractivity contribution is 5.51. The van der Waals surface area contributed by atoms with Crippen LogP contribution >= 0.6 is 0 Å². The first-order valence-electron chi connectivity index (χ1n) is 2.34. The summed E-state index contributed by atoms with van der Waals surface area (Å²) in [6.45, 7) is 0.706. The molecule has 2 N–H and O–H groups in total. The lowest BCUT2D eigenvalue weighted by Gasteiger charge is -2.07. The molecule has 0 unspecified atom stereocenters. The molecule has 0 spiro atoms. The van der Waals surface area contributed by atoms with Crippen molar-refractivity contribution in [3.8, 4) is 0 Å². The summed E-state index contributed by atoms with van der Waals surface area (Å²) < 4.78 is 0. The predicted molar refractivity (Wildman–Crippen MR) is 29.5 cm³/mol. The summed E-state index contributed by atoms with van der Waals surface area (Å²) in [5.41, 5.74) is 0. The molecule has 0 saturated carbocycles. The van der Waals surface area contributed by atoms with Gasteiger partial charge in [0.25, 0.3) is 0 Å². The van der Waals surface area contributed by atoms with Gasteiger partial charge in [0.1, 0.15) is 0 Å². The zero-order chi connectivity index (χ0) is 5.82. The molecule has 42 valence electrons. The lowest BCUT2D eigenvalue weighted by molar-refractivity contribution is 0.562. The Hall–Kier alpha value is -1.21. The van der Waals surface area contributed by atoms with Crippen molar-refractivity contribution in [1.29, 1.82) is 0 Å². The fourth-order valence-electron chi connectivity index (χ4n) is 0.479. The van der Waals surface area contributed by atoms with Crippen LogP contribution in [0.15, 0.2) is 18.1 Å². The van der Waals surface area contributed by atoms with Gasteiger partial charge in [-0.05, 0) is 6.08 Å². The second-order valence-corrected chi connectivity index (χ2v) is 1.40. The van der Waals surface area contributed by atoms with Crippen molar-refractivity contribution >= 4 is 5.94 Å².